The Morgan fingerprint density at radius 3 is 2.62 bits per heavy atom. The lowest BCUT2D eigenvalue weighted by Crippen LogP contribution is -2.10. The SMILES string of the molecule is C=NCc1cc2cc(C(C)(C)C)ccc2[nH]1. The number of benzene rings is 1. The normalized spacial score (nSPS) is 11.9. The van der Waals surface area contributed by atoms with E-state index in [0.29, 0.717) is 6.54 Å². The molecule has 0 saturated heterocycles. The second-order valence-corrected chi connectivity index (χ2v) is 5.23. The number of hydrogen-bond donors (Lipinski definition) is 1. The highest BCUT2D eigenvalue weighted by Crippen LogP contribution is 2.26. The van der Waals surface area contributed by atoms with Crippen LogP contribution in [0.4, 0.5) is 0 Å². The van der Waals surface area contributed by atoms with E-state index in [9.17, 15) is 0 Å². The zero-order valence-electron chi connectivity index (χ0n) is 10.2. The van der Waals surface area contributed by atoms with E-state index in [1.54, 1.807) is 0 Å². The molecule has 0 radical (unpaired) electrons. The third-order valence-corrected chi connectivity index (χ3v) is 2.82. The van der Waals surface area contributed by atoms with E-state index in [1.807, 2.05) is 0 Å². The first-order valence-corrected chi connectivity index (χ1v) is 5.55. The van der Waals surface area contributed by atoms with Gasteiger partial charge in [-0.25, -0.2) is 0 Å². The van der Waals surface area contributed by atoms with Crippen LogP contribution in [0, 0.1) is 0 Å². The van der Waals surface area contributed by atoms with Crippen molar-refractivity contribution < 1.29 is 0 Å². The Labute approximate surface area is 96.4 Å². The summed E-state index contributed by atoms with van der Waals surface area (Å²) < 4.78 is 0. The van der Waals surface area contributed by atoms with Gasteiger partial charge in [-0.2, -0.15) is 0 Å². The molecule has 1 aromatic carbocycles. The predicted octanol–water partition coefficient (Wildman–Crippen LogP) is 3.67. The van der Waals surface area contributed by atoms with Crippen molar-refractivity contribution >= 4 is 17.6 Å². The molecule has 0 spiro atoms. The highest BCUT2D eigenvalue weighted by molar-refractivity contribution is 5.81. The third kappa shape index (κ3) is 2.01. The Hall–Kier alpha value is -1.57. The fraction of sp³-hybridized carbons (Fsp3) is 0.357. The molecule has 0 bridgehead atoms. The van der Waals surface area contributed by atoms with Crippen molar-refractivity contribution in [1.82, 2.24) is 4.98 Å². The zero-order chi connectivity index (χ0) is 11.8. The minimum atomic E-state index is 0.197. The van der Waals surface area contributed by atoms with Crippen molar-refractivity contribution in [1.29, 1.82) is 0 Å². The zero-order valence-corrected chi connectivity index (χ0v) is 10.2. The van der Waals surface area contributed by atoms with E-state index in [0.717, 1.165) is 5.69 Å². The van der Waals surface area contributed by atoms with Gasteiger partial charge in [-0.3, -0.25) is 4.99 Å². The van der Waals surface area contributed by atoms with Gasteiger partial charge in [0.25, 0.3) is 0 Å². The van der Waals surface area contributed by atoms with Gasteiger partial charge in [-0.15, -0.1) is 0 Å². The number of hydrogen-bond acceptors (Lipinski definition) is 1. The lowest BCUT2D eigenvalue weighted by Gasteiger charge is -2.18. The smallest absolute Gasteiger partial charge is 0.0782 e. The Morgan fingerprint density at radius 1 is 1.25 bits per heavy atom. The largest absolute Gasteiger partial charge is 0.357 e. The maximum absolute atomic E-state index is 3.89. The first-order valence-electron chi connectivity index (χ1n) is 5.55. The molecule has 0 aliphatic rings. The van der Waals surface area contributed by atoms with Gasteiger partial charge in [0.15, 0.2) is 0 Å². The van der Waals surface area contributed by atoms with Gasteiger partial charge in [0.05, 0.1) is 6.54 Å². The Balaban J connectivity index is 2.49. The molecular weight excluding hydrogens is 196 g/mol. The predicted molar refractivity (Wildman–Crippen MR) is 70.3 cm³/mol. The molecular formula is C14H18N2. The summed E-state index contributed by atoms with van der Waals surface area (Å²) in [5.41, 5.74) is 3.85. The number of H-pyrrole nitrogens is 1. The number of aromatic amines is 1. The Morgan fingerprint density at radius 2 is 2.00 bits per heavy atom. The van der Waals surface area contributed by atoms with E-state index in [4.69, 9.17) is 0 Å². The van der Waals surface area contributed by atoms with Gasteiger partial charge >= 0.3 is 0 Å². The van der Waals surface area contributed by atoms with Gasteiger partial charge in [-0.05, 0) is 35.9 Å². The molecule has 0 amide bonds. The first kappa shape index (κ1) is 10.9. The summed E-state index contributed by atoms with van der Waals surface area (Å²) in [6.07, 6.45) is 0. The highest BCUT2D eigenvalue weighted by atomic mass is 14.8. The second kappa shape index (κ2) is 3.78. The standard InChI is InChI=1S/C14H18N2/c1-14(2,3)11-5-6-13-10(7-11)8-12(16-13)9-15-4/h5-8,16H,4,9H2,1-3H3. The third-order valence-electron chi connectivity index (χ3n) is 2.82. The summed E-state index contributed by atoms with van der Waals surface area (Å²) >= 11 is 0. The molecule has 2 rings (SSSR count). The monoisotopic (exact) mass is 214 g/mol. The average Bonchev–Trinajstić information content (AvgIpc) is 2.57. The molecule has 0 unspecified atom stereocenters. The van der Waals surface area contributed by atoms with Gasteiger partial charge in [0.2, 0.25) is 0 Å². The lowest BCUT2D eigenvalue weighted by molar-refractivity contribution is 0.591. The minimum Gasteiger partial charge on any atom is -0.357 e. The van der Waals surface area contributed by atoms with E-state index >= 15 is 0 Å². The van der Waals surface area contributed by atoms with Crippen LogP contribution in [-0.2, 0) is 12.0 Å². The number of fused-ring (bicyclic) bond motifs is 1. The van der Waals surface area contributed by atoms with Crippen LogP contribution in [0.25, 0.3) is 10.9 Å². The molecule has 84 valence electrons. The van der Waals surface area contributed by atoms with Gasteiger partial charge < -0.3 is 4.98 Å². The molecule has 2 nitrogen and oxygen atoms in total. The van der Waals surface area contributed by atoms with Crippen molar-refractivity contribution in [2.24, 2.45) is 4.99 Å². The van der Waals surface area contributed by atoms with Crippen molar-refractivity contribution in [2.45, 2.75) is 32.7 Å². The van der Waals surface area contributed by atoms with Gasteiger partial charge in [0, 0.05) is 16.6 Å². The van der Waals surface area contributed by atoms with E-state index in [1.165, 1.54) is 16.5 Å². The fourth-order valence-corrected chi connectivity index (χ4v) is 1.86. The van der Waals surface area contributed by atoms with E-state index < -0.39 is 0 Å². The summed E-state index contributed by atoms with van der Waals surface area (Å²) in [6.45, 7) is 10.9. The maximum Gasteiger partial charge on any atom is 0.0782 e. The van der Waals surface area contributed by atoms with Crippen molar-refractivity contribution in [2.75, 3.05) is 0 Å². The average molecular weight is 214 g/mol. The summed E-state index contributed by atoms with van der Waals surface area (Å²) in [6, 6.07) is 8.73. The number of rotatable bonds is 2. The quantitative estimate of drug-likeness (QED) is 0.739. The fourth-order valence-electron chi connectivity index (χ4n) is 1.86. The van der Waals surface area contributed by atoms with Crippen molar-refractivity contribution in [3.05, 3.63) is 35.5 Å². The van der Waals surface area contributed by atoms with Crippen LogP contribution in [0.15, 0.2) is 29.3 Å². The second-order valence-electron chi connectivity index (χ2n) is 5.23. The molecule has 1 heterocycles. The van der Waals surface area contributed by atoms with Crippen LogP contribution >= 0.6 is 0 Å². The summed E-state index contributed by atoms with van der Waals surface area (Å²) in [5, 5.41) is 1.26. The molecule has 0 fully saturated rings. The maximum atomic E-state index is 3.89. The van der Waals surface area contributed by atoms with Crippen LogP contribution in [0.1, 0.15) is 32.0 Å². The highest BCUT2D eigenvalue weighted by Gasteiger charge is 2.14. The molecule has 0 saturated carbocycles. The summed E-state index contributed by atoms with van der Waals surface area (Å²) in [4.78, 5) is 7.23. The molecule has 1 aromatic heterocycles. The van der Waals surface area contributed by atoms with Crippen molar-refractivity contribution in [3.63, 3.8) is 0 Å². The lowest BCUT2D eigenvalue weighted by atomic mass is 9.86. The first-order chi connectivity index (χ1) is 7.50. The molecule has 16 heavy (non-hydrogen) atoms. The van der Waals surface area contributed by atoms with E-state index in [2.05, 4.69) is 61.7 Å². The molecule has 0 aliphatic heterocycles. The topological polar surface area (TPSA) is 28.1 Å². The van der Waals surface area contributed by atoms with Crippen LogP contribution in [0.5, 0.6) is 0 Å². The molecule has 2 heteroatoms. The van der Waals surface area contributed by atoms with Crippen LogP contribution in [-0.4, -0.2) is 11.7 Å². The van der Waals surface area contributed by atoms with Crippen LogP contribution in [0.2, 0.25) is 0 Å². The molecule has 2 aromatic rings. The molecule has 0 atom stereocenters. The minimum absolute atomic E-state index is 0.197. The molecule has 1 N–H and O–H groups in total. The number of nitrogens with zero attached hydrogens (tertiary/aromatic N) is 1. The Kier molecular flexibility index (Phi) is 2.58. The van der Waals surface area contributed by atoms with Crippen LogP contribution in [0.3, 0.4) is 0 Å². The number of nitrogens with one attached hydrogen (secondary N) is 1. The molecule has 0 aliphatic carbocycles. The number of aliphatic imine (C=N–C) groups is 1. The van der Waals surface area contributed by atoms with Crippen LogP contribution < -0.4 is 0 Å². The van der Waals surface area contributed by atoms with Gasteiger partial charge in [-0.1, -0.05) is 26.8 Å². The summed E-state index contributed by atoms with van der Waals surface area (Å²) in [5.74, 6) is 0. The van der Waals surface area contributed by atoms with Gasteiger partial charge in [0.1, 0.15) is 0 Å². The number of aromatic nitrogens is 1. The van der Waals surface area contributed by atoms with E-state index in [-0.39, 0.29) is 5.41 Å². The Bertz CT molecular complexity index is 515. The van der Waals surface area contributed by atoms with Crippen molar-refractivity contribution in [3.8, 4) is 0 Å². The summed E-state index contributed by atoms with van der Waals surface area (Å²) in [7, 11) is 0.